The van der Waals surface area contributed by atoms with Gasteiger partial charge in [0.1, 0.15) is 0 Å². The molecule has 0 spiro atoms. The highest BCUT2D eigenvalue weighted by Gasteiger charge is 2.79. The molecular formula is C12H18ClNO4. The summed E-state index contributed by atoms with van der Waals surface area (Å²) in [5.41, 5.74) is -2.31. The lowest BCUT2D eigenvalue weighted by atomic mass is 9.66. The van der Waals surface area contributed by atoms with Crippen molar-refractivity contribution in [2.75, 3.05) is 5.88 Å². The van der Waals surface area contributed by atoms with Crippen molar-refractivity contribution in [1.29, 1.82) is 0 Å². The van der Waals surface area contributed by atoms with Crippen LogP contribution in [0.1, 0.15) is 27.2 Å². The molecule has 2 fully saturated rings. The van der Waals surface area contributed by atoms with Gasteiger partial charge in [-0.1, -0.05) is 13.8 Å². The number of carbonyl (C=O) groups excluding carboxylic acids is 2. The predicted molar refractivity (Wildman–Crippen MR) is 65.0 cm³/mol. The molecule has 0 aromatic heterocycles. The van der Waals surface area contributed by atoms with E-state index in [1.807, 2.05) is 0 Å². The average Bonchev–Trinajstić information content (AvgIpc) is 2.46. The van der Waals surface area contributed by atoms with E-state index in [1.54, 1.807) is 20.8 Å². The van der Waals surface area contributed by atoms with Crippen molar-refractivity contribution in [3.05, 3.63) is 0 Å². The minimum Gasteiger partial charge on any atom is -0.453 e. The Labute approximate surface area is 111 Å². The van der Waals surface area contributed by atoms with Crippen LogP contribution in [0.5, 0.6) is 0 Å². The molecule has 2 rings (SSSR count). The molecule has 2 aliphatic rings. The maximum Gasteiger partial charge on any atom is 0.339 e. The number of esters is 1. The molecule has 18 heavy (non-hydrogen) atoms. The summed E-state index contributed by atoms with van der Waals surface area (Å²) >= 11 is 5.69. The molecule has 1 amide bonds. The van der Waals surface area contributed by atoms with E-state index in [0.29, 0.717) is 12.3 Å². The number of amides is 1. The Morgan fingerprint density at radius 3 is 2.56 bits per heavy atom. The van der Waals surface area contributed by atoms with Gasteiger partial charge >= 0.3 is 5.97 Å². The van der Waals surface area contributed by atoms with Crippen LogP contribution in [-0.2, 0) is 14.3 Å². The van der Waals surface area contributed by atoms with Crippen molar-refractivity contribution in [3.63, 3.8) is 0 Å². The third-order valence-corrected chi connectivity index (χ3v) is 4.40. The highest BCUT2D eigenvalue weighted by Crippen LogP contribution is 2.52. The summed E-state index contributed by atoms with van der Waals surface area (Å²) in [6.45, 7) is 5.29. The van der Waals surface area contributed by atoms with Crippen LogP contribution in [0.3, 0.4) is 0 Å². The monoisotopic (exact) mass is 275 g/mol. The quantitative estimate of drug-likeness (QED) is 0.576. The number of aliphatic hydroxyl groups is 1. The summed E-state index contributed by atoms with van der Waals surface area (Å²) in [7, 11) is 0. The largest absolute Gasteiger partial charge is 0.453 e. The number of aliphatic hydroxyl groups excluding tert-OH is 1. The van der Waals surface area contributed by atoms with Crippen molar-refractivity contribution in [1.82, 2.24) is 5.32 Å². The van der Waals surface area contributed by atoms with E-state index in [9.17, 15) is 14.7 Å². The minimum atomic E-state index is -1.31. The van der Waals surface area contributed by atoms with Gasteiger partial charge in [0.2, 0.25) is 11.4 Å². The van der Waals surface area contributed by atoms with Gasteiger partial charge in [0.05, 0.1) is 12.0 Å². The lowest BCUT2D eigenvalue weighted by Gasteiger charge is -2.54. The van der Waals surface area contributed by atoms with Crippen molar-refractivity contribution in [2.45, 2.75) is 44.4 Å². The molecule has 102 valence electrons. The van der Waals surface area contributed by atoms with E-state index < -0.39 is 29.1 Å². The van der Waals surface area contributed by atoms with Crippen molar-refractivity contribution < 1.29 is 19.4 Å². The summed E-state index contributed by atoms with van der Waals surface area (Å²) in [5.74, 6) is -1.19. The van der Waals surface area contributed by atoms with Crippen LogP contribution in [0.15, 0.2) is 0 Å². The Morgan fingerprint density at radius 2 is 2.11 bits per heavy atom. The van der Waals surface area contributed by atoms with E-state index in [0.717, 1.165) is 0 Å². The van der Waals surface area contributed by atoms with Crippen LogP contribution >= 0.6 is 11.6 Å². The number of hydrogen-bond acceptors (Lipinski definition) is 4. The smallest absolute Gasteiger partial charge is 0.339 e. The Kier molecular flexibility index (Phi) is 3.10. The molecule has 0 aliphatic carbocycles. The zero-order chi connectivity index (χ0) is 13.7. The van der Waals surface area contributed by atoms with E-state index in [-0.39, 0.29) is 11.8 Å². The summed E-state index contributed by atoms with van der Waals surface area (Å²) < 4.78 is 5.22. The first-order chi connectivity index (χ1) is 8.31. The second-order valence-corrected chi connectivity index (χ2v) is 5.89. The average molecular weight is 276 g/mol. The Balaban J connectivity index is 2.40. The van der Waals surface area contributed by atoms with Gasteiger partial charge in [-0.05, 0) is 19.3 Å². The number of alkyl halides is 1. The summed E-state index contributed by atoms with van der Waals surface area (Å²) in [6, 6.07) is 0. The fourth-order valence-electron chi connectivity index (χ4n) is 3.07. The molecule has 0 radical (unpaired) electrons. The maximum absolute atomic E-state index is 12.0. The van der Waals surface area contributed by atoms with Gasteiger partial charge in [0.25, 0.3) is 0 Å². The SMILES string of the molecule is CC(C)C(O)[C@@]12NC(=O)[C@H](CCCl)[C@]1(C)OC2=O. The molecule has 2 saturated heterocycles. The number of carbonyl (C=O) groups is 2. The van der Waals surface area contributed by atoms with Crippen molar-refractivity contribution in [3.8, 4) is 0 Å². The van der Waals surface area contributed by atoms with Crippen molar-refractivity contribution >= 4 is 23.5 Å². The third kappa shape index (κ3) is 1.37. The Hall–Kier alpha value is -0.810. The van der Waals surface area contributed by atoms with Gasteiger partial charge < -0.3 is 15.2 Å². The molecule has 6 heteroatoms. The van der Waals surface area contributed by atoms with E-state index in [4.69, 9.17) is 16.3 Å². The van der Waals surface area contributed by atoms with E-state index >= 15 is 0 Å². The van der Waals surface area contributed by atoms with Crippen LogP contribution in [0.25, 0.3) is 0 Å². The summed E-state index contributed by atoms with van der Waals surface area (Å²) in [6.07, 6.45) is -0.544. The molecule has 1 unspecified atom stereocenters. The summed E-state index contributed by atoms with van der Waals surface area (Å²) in [5, 5.41) is 12.9. The standard InChI is InChI=1S/C12H18ClNO4/c1-6(2)8(15)12-10(17)18-11(12,3)7(4-5-13)9(16)14-12/h6-8,15H,4-5H2,1-3H3,(H,14,16)/t7-,8?,11-,12-/m0/s1. The second-order valence-electron chi connectivity index (χ2n) is 5.51. The number of halogens is 1. The molecule has 2 heterocycles. The molecule has 2 N–H and O–H groups in total. The lowest BCUT2D eigenvalue weighted by molar-refractivity contribution is -0.238. The van der Waals surface area contributed by atoms with Crippen LogP contribution in [0.2, 0.25) is 0 Å². The predicted octanol–water partition coefficient (Wildman–Crippen LogP) is 0.432. The molecule has 0 aromatic carbocycles. The summed E-state index contributed by atoms with van der Waals surface area (Å²) in [4.78, 5) is 23.8. The number of rotatable bonds is 4. The van der Waals surface area contributed by atoms with Crippen LogP contribution < -0.4 is 5.32 Å². The minimum absolute atomic E-state index is 0.160. The molecule has 2 aliphatic heterocycles. The normalized spacial score (nSPS) is 40.0. The Morgan fingerprint density at radius 1 is 1.50 bits per heavy atom. The first-order valence-electron chi connectivity index (χ1n) is 6.10. The van der Waals surface area contributed by atoms with Gasteiger partial charge in [0, 0.05) is 5.88 Å². The zero-order valence-electron chi connectivity index (χ0n) is 10.7. The zero-order valence-corrected chi connectivity index (χ0v) is 11.5. The van der Waals surface area contributed by atoms with Crippen LogP contribution in [0, 0.1) is 11.8 Å². The lowest BCUT2D eigenvalue weighted by Crippen LogP contribution is -2.79. The third-order valence-electron chi connectivity index (χ3n) is 4.18. The van der Waals surface area contributed by atoms with Crippen molar-refractivity contribution in [2.24, 2.45) is 11.8 Å². The first kappa shape index (κ1) is 13.6. The molecular weight excluding hydrogens is 258 g/mol. The van der Waals surface area contributed by atoms with Gasteiger partial charge in [-0.15, -0.1) is 11.6 Å². The highest BCUT2D eigenvalue weighted by atomic mass is 35.5. The molecule has 4 atom stereocenters. The highest BCUT2D eigenvalue weighted by molar-refractivity contribution is 6.18. The van der Waals surface area contributed by atoms with E-state index in [2.05, 4.69) is 5.32 Å². The molecule has 0 saturated carbocycles. The first-order valence-corrected chi connectivity index (χ1v) is 6.64. The fraction of sp³-hybridized carbons (Fsp3) is 0.833. The number of fused-ring (bicyclic) bond motifs is 1. The van der Waals surface area contributed by atoms with Gasteiger partial charge in [0.15, 0.2) is 5.60 Å². The van der Waals surface area contributed by atoms with E-state index in [1.165, 1.54) is 0 Å². The number of hydrogen-bond donors (Lipinski definition) is 2. The van der Waals surface area contributed by atoms with Gasteiger partial charge in [-0.25, -0.2) is 4.79 Å². The number of nitrogens with one attached hydrogen (secondary N) is 1. The fourth-order valence-corrected chi connectivity index (χ4v) is 3.28. The molecule has 0 bridgehead atoms. The van der Waals surface area contributed by atoms with Gasteiger partial charge in [-0.2, -0.15) is 0 Å². The van der Waals surface area contributed by atoms with Crippen LogP contribution in [0.4, 0.5) is 0 Å². The van der Waals surface area contributed by atoms with Crippen LogP contribution in [-0.4, -0.2) is 40.1 Å². The number of ether oxygens (including phenoxy) is 1. The maximum atomic E-state index is 12.0. The molecule has 5 nitrogen and oxygen atoms in total. The topological polar surface area (TPSA) is 75.6 Å². The van der Waals surface area contributed by atoms with Gasteiger partial charge in [-0.3, -0.25) is 4.79 Å². The second kappa shape index (κ2) is 4.10. The Bertz CT molecular complexity index is 400. The molecule has 0 aromatic rings.